The molecule has 1 aromatic heterocycles. The second-order valence-electron chi connectivity index (χ2n) is 7.82. The summed E-state index contributed by atoms with van der Waals surface area (Å²) in [5.74, 6) is -0.461. The van der Waals surface area contributed by atoms with Gasteiger partial charge in [0.2, 0.25) is 0 Å². The molecule has 0 amide bonds. The number of carboxylic acids is 1. The van der Waals surface area contributed by atoms with Crippen LogP contribution in [0.2, 0.25) is 0 Å². The van der Waals surface area contributed by atoms with Gasteiger partial charge < -0.3 is 20.7 Å². The number of carboxylic acid groups (broad SMARTS) is 2. The molecule has 1 aliphatic heterocycles. The Morgan fingerprint density at radius 3 is 2.61 bits per heavy atom. The van der Waals surface area contributed by atoms with Gasteiger partial charge in [-0.1, -0.05) is 31.5 Å². The summed E-state index contributed by atoms with van der Waals surface area (Å²) >= 11 is 0. The van der Waals surface area contributed by atoms with Gasteiger partial charge >= 0.3 is 5.97 Å². The van der Waals surface area contributed by atoms with E-state index >= 15 is 0 Å². The van der Waals surface area contributed by atoms with Crippen LogP contribution in [0.4, 0.5) is 5.82 Å². The first-order valence-electron chi connectivity index (χ1n) is 10.9. The van der Waals surface area contributed by atoms with Crippen molar-refractivity contribution in [3.8, 4) is 22.9 Å². The maximum Gasteiger partial charge on any atom is 0.304 e. The van der Waals surface area contributed by atoms with Crippen molar-refractivity contribution in [3.05, 3.63) is 41.6 Å². The molecule has 0 radical (unpaired) electrons. The number of nitrogens with two attached hydrogens (primary N) is 1. The van der Waals surface area contributed by atoms with Crippen LogP contribution in [-0.4, -0.2) is 58.8 Å². The number of benzene rings is 1. The highest BCUT2D eigenvalue weighted by molar-refractivity contribution is 5.80. The molecule has 1 aromatic carbocycles. The number of likely N-dealkylation sites (tertiary alicyclic amines) is 1. The Bertz CT molecular complexity index is 983. The van der Waals surface area contributed by atoms with Crippen LogP contribution in [0.15, 0.2) is 30.3 Å². The third-order valence-electron chi connectivity index (χ3n) is 5.46. The van der Waals surface area contributed by atoms with Crippen molar-refractivity contribution < 1.29 is 24.5 Å². The van der Waals surface area contributed by atoms with E-state index in [0.29, 0.717) is 23.6 Å². The van der Waals surface area contributed by atoms with E-state index < -0.39 is 5.97 Å². The number of carbonyl (C=O) groups is 2. The van der Waals surface area contributed by atoms with Gasteiger partial charge in [-0.2, -0.15) is 5.26 Å². The summed E-state index contributed by atoms with van der Waals surface area (Å²) in [7, 11) is 0. The first kappa shape index (κ1) is 25.6. The first-order valence-corrected chi connectivity index (χ1v) is 10.9. The number of rotatable bonds is 8. The normalized spacial score (nSPS) is 14.3. The molecule has 1 aliphatic rings. The number of nitriles is 1. The highest BCUT2D eigenvalue weighted by Gasteiger charge is 2.20. The van der Waals surface area contributed by atoms with E-state index in [2.05, 4.69) is 16.0 Å². The molecule has 4 N–H and O–H groups in total. The number of nitrogens with zero attached hydrogens (tertiary/aromatic N) is 3. The standard InChI is InChI=1S/C23H28N4O3.CH2O2/c1-16(13-22(28)29)20-14-18(19(15-24)23(25)26-20)17-7-3-4-8-21(17)30-12-11-27-9-5-2-6-10-27;2-1-3/h3-4,7-8,14,16H,2,5-6,9-13H2,1H3,(H2,25,26)(H,28,29);1H,(H,2,3). The zero-order valence-electron chi connectivity index (χ0n) is 18.7. The Balaban J connectivity index is 0.00000122. The fraction of sp³-hybridized carbons (Fsp3) is 0.417. The van der Waals surface area contributed by atoms with Gasteiger partial charge in [-0.15, -0.1) is 0 Å². The highest BCUT2D eigenvalue weighted by atomic mass is 16.5. The van der Waals surface area contributed by atoms with Gasteiger partial charge in [-0.05, 0) is 38.1 Å². The van der Waals surface area contributed by atoms with Crippen LogP contribution in [0, 0.1) is 11.3 Å². The number of ether oxygens (including phenoxy) is 1. The van der Waals surface area contributed by atoms with Crippen LogP contribution in [0.5, 0.6) is 5.75 Å². The first-order chi connectivity index (χ1) is 15.9. The molecule has 3 rings (SSSR count). The summed E-state index contributed by atoms with van der Waals surface area (Å²) in [4.78, 5) is 26.2. The van der Waals surface area contributed by atoms with Crippen molar-refractivity contribution in [2.24, 2.45) is 0 Å². The molecular weight excluding hydrogens is 424 g/mol. The fourth-order valence-electron chi connectivity index (χ4n) is 3.82. The number of aromatic nitrogens is 1. The van der Waals surface area contributed by atoms with Gasteiger partial charge in [-0.25, -0.2) is 4.98 Å². The van der Waals surface area contributed by atoms with Gasteiger partial charge in [0.25, 0.3) is 6.47 Å². The number of aliphatic carboxylic acids is 1. The summed E-state index contributed by atoms with van der Waals surface area (Å²) < 4.78 is 6.09. The van der Waals surface area contributed by atoms with Crippen molar-refractivity contribution in [1.82, 2.24) is 9.88 Å². The lowest BCUT2D eigenvalue weighted by atomic mass is 9.95. The van der Waals surface area contributed by atoms with Gasteiger partial charge in [-0.3, -0.25) is 14.5 Å². The lowest BCUT2D eigenvalue weighted by molar-refractivity contribution is -0.137. The Morgan fingerprint density at radius 2 is 1.97 bits per heavy atom. The zero-order chi connectivity index (χ0) is 24.2. The van der Waals surface area contributed by atoms with Crippen LogP contribution < -0.4 is 10.5 Å². The molecule has 0 bridgehead atoms. The van der Waals surface area contributed by atoms with Crippen LogP contribution >= 0.6 is 0 Å². The molecular formula is C24H30N4O5. The molecule has 0 aliphatic carbocycles. The van der Waals surface area contributed by atoms with E-state index in [4.69, 9.17) is 25.5 Å². The summed E-state index contributed by atoms with van der Waals surface area (Å²) in [5.41, 5.74) is 8.25. The maximum absolute atomic E-state index is 11.1. The number of hydrogen-bond donors (Lipinski definition) is 3. The number of pyridine rings is 1. The van der Waals surface area contributed by atoms with Gasteiger partial charge in [0.05, 0.1) is 6.42 Å². The third kappa shape index (κ3) is 7.47. The van der Waals surface area contributed by atoms with Gasteiger partial charge in [0, 0.05) is 29.3 Å². The Kier molecular flexibility index (Phi) is 10.1. The molecule has 9 nitrogen and oxygen atoms in total. The van der Waals surface area contributed by atoms with Crippen molar-refractivity contribution in [2.75, 3.05) is 32.0 Å². The third-order valence-corrected chi connectivity index (χ3v) is 5.46. The Hall–Kier alpha value is -3.64. The van der Waals surface area contributed by atoms with Crippen molar-refractivity contribution in [2.45, 2.75) is 38.5 Å². The zero-order valence-corrected chi connectivity index (χ0v) is 18.7. The van der Waals surface area contributed by atoms with Crippen LogP contribution in [0.3, 0.4) is 0 Å². The lowest BCUT2D eigenvalue weighted by Crippen LogP contribution is -2.33. The van der Waals surface area contributed by atoms with E-state index in [1.165, 1.54) is 19.3 Å². The van der Waals surface area contributed by atoms with E-state index in [9.17, 15) is 10.1 Å². The molecule has 2 aromatic rings. The SMILES string of the molecule is CC(CC(=O)O)c1cc(-c2ccccc2OCCN2CCCCC2)c(C#N)c(N)n1.O=CO. The van der Waals surface area contributed by atoms with Crippen molar-refractivity contribution in [3.63, 3.8) is 0 Å². The summed E-state index contributed by atoms with van der Waals surface area (Å²) in [6.07, 6.45) is 3.69. The maximum atomic E-state index is 11.1. The summed E-state index contributed by atoms with van der Waals surface area (Å²) in [5, 5.41) is 25.7. The second kappa shape index (κ2) is 13.0. The average molecular weight is 455 g/mol. The number of piperidine rings is 1. The number of anilines is 1. The summed E-state index contributed by atoms with van der Waals surface area (Å²) in [6, 6.07) is 11.4. The van der Waals surface area contributed by atoms with Gasteiger partial charge in [0.1, 0.15) is 29.8 Å². The van der Waals surface area contributed by atoms with Gasteiger partial charge in [0.15, 0.2) is 0 Å². The molecule has 0 spiro atoms. The molecule has 1 atom stereocenters. The Labute approximate surface area is 193 Å². The molecule has 176 valence electrons. The van der Waals surface area contributed by atoms with Crippen LogP contribution in [0.1, 0.15) is 49.8 Å². The molecule has 2 heterocycles. The molecule has 1 unspecified atom stereocenters. The predicted molar refractivity (Wildman–Crippen MR) is 124 cm³/mol. The topological polar surface area (TPSA) is 150 Å². The highest BCUT2D eigenvalue weighted by Crippen LogP contribution is 2.36. The molecule has 0 saturated carbocycles. The fourth-order valence-corrected chi connectivity index (χ4v) is 3.82. The quantitative estimate of drug-likeness (QED) is 0.510. The number of para-hydroxylation sites is 1. The largest absolute Gasteiger partial charge is 0.492 e. The predicted octanol–water partition coefficient (Wildman–Crippen LogP) is 3.35. The number of nitrogen functional groups attached to an aromatic ring is 1. The minimum absolute atomic E-state index is 0.0637. The smallest absolute Gasteiger partial charge is 0.304 e. The Morgan fingerprint density at radius 1 is 1.30 bits per heavy atom. The lowest BCUT2D eigenvalue weighted by Gasteiger charge is -2.26. The molecule has 9 heteroatoms. The minimum Gasteiger partial charge on any atom is -0.492 e. The molecule has 33 heavy (non-hydrogen) atoms. The van der Waals surface area contributed by atoms with E-state index in [1.54, 1.807) is 13.0 Å². The minimum atomic E-state index is -0.907. The van der Waals surface area contributed by atoms with Crippen molar-refractivity contribution >= 4 is 18.3 Å². The molecule has 1 fully saturated rings. The summed E-state index contributed by atoms with van der Waals surface area (Å²) in [6.45, 7) is 5.16. The van der Waals surface area contributed by atoms with E-state index in [1.807, 2.05) is 24.3 Å². The second-order valence-corrected chi connectivity index (χ2v) is 7.82. The van der Waals surface area contributed by atoms with Crippen LogP contribution in [0.25, 0.3) is 11.1 Å². The van der Waals surface area contributed by atoms with Crippen LogP contribution in [-0.2, 0) is 9.59 Å². The molecule has 1 saturated heterocycles. The monoisotopic (exact) mass is 454 g/mol. The average Bonchev–Trinajstić information content (AvgIpc) is 2.79. The van der Waals surface area contributed by atoms with E-state index in [-0.39, 0.29) is 30.2 Å². The van der Waals surface area contributed by atoms with Crippen molar-refractivity contribution in [1.29, 1.82) is 5.26 Å². The number of hydrogen-bond acceptors (Lipinski definition) is 7. The van der Waals surface area contributed by atoms with E-state index in [0.717, 1.165) is 25.2 Å².